The Morgan fingerprint density at radius 2 is 2.05 bits per heavy atom. The van der Waals surface area contributed by atoms with E-state index < -0.39 is 5.57 Å². The molecule has 1 fully saturated rings. The first-order chi connectivity index (χ1) is 19.1. The molecular formula is C32H38BFN4O2. The number of ether oxygens (including phenoxy) is 1. The van der Waals surface area contributed by atoms with Crippen molar-refractivity contribution in [3.05, 3.63) is 82.5 Å². The van der Waals surface area contributed by atoms with E-state index in [4.69, 9.17) is 14.2 Å². The van der Waals surface area contributed by atoms with Gasteiger partial charge in [0, 0.05) is 24.7 Å². The molecule has 3 unspecified atom stereocenters. The number of pyridine rings is 1. The van der Waals surface area contributed by atoms with Gasteiger partial charge in [-0.05, 0) is 93.3 Å². The van der Waals surface area contributed by atoms with Gasteiger partial charge in [0.25, 0.3) is 5.89 Å². The Hall–Kier alpha value is -3.26. The number of alkyl halides is 1. The minimum atomic E-state index is -1.67. The molecule has 0 spiro atoms. The summed E-state index contributed by atoms with van der Waals surface area (Å²) < 4.78 is 26.0. The Bertz CT molecular complexity index is 1470. The summed E-state index contributed by atoms with van der Waals surface area (Å²) in [6.07, 6.45) is 12.9. The van der Waals surface area contributed by atoms with Gasteiger partial charge >= 0.3 is 0 Å². The number of halogens is 1. The highest BCUT2D eigenvalue weighted by molar-refractivity contribution is 6.13. The fourth-order valence-electron chi connectivity index (χ4n) is 6.18. The van der Waals surface area contributed by atoms with Crippen molar-refractivity contribution in [3.8, 4) is 17.1 Å². The smallest absolute Gasteiger partial charge is 0.255 e. The first kappa shape index (κ1) is 26.9. The molecule has 208 valence electrons. The Labute approximate surface area is 237 Å². The van der Waals surface area contributed by atoms with E-state index in [1.165, 1.54) is 31.5 Å². The normalized spacial score (nSPS) is 24.8. The maximum Gasteiger partial charge on any atom is 0.255 e. The first-order valence-electron chi connectivity index (χ1n) is 14.5. The van der Waals surface area contributed by atoms with Crippen LogP contribution in [0.15, 0.2) is 58.8 Å². The zero-order chi connectivity index (χ0) is 28.1. The van der Waals surface area contributed by atoms with Crippen LogP contribution in [0, 0.1) is 12.8 Å². The molecule has 0 radical (unpaired) electrons. The van der Waals surface area contributed by atoms with Gasteiger partial charge in [-0.15, -0.1) is 0 Å². The van der Waals surface area contributed by atoms with Gasteiger partial charge in [0.15, 0.2) is 7.85 Å². The Morgan fingerprint density at radius 1 is 1.25 bits per heavy atom. The van der Waals surface area contributed by atoms with E-state index in [9.17, 15) is 4.39 Å². The molecule has 6 nitrogen and oxygen atoms in total. The molecule has 3 atom stereocenters. The van der Waals surface area contributed by atoms with E-state index in [1.807, 2.05) is 6.07 Å². The topological polar surface area (TPSA) is 64.3 Å². The van der Waals surface area contributed by atoms with Crippen LogP contribution in [-0.4, -0.2) is 46.6 Å². The van der Waals surface area contributed by atoms with Crippen LogP contribution < -0.4 is 4.74 Å². The van der Waals surface area contributed by atoms with Crippen molar-refractivity contribution < 1.29 is 13.7 Å². The number of fused-ring (bicyclic) bond motifs is 1. The Kier molecular flexibility index (Phi) is 6.93. The van der Waals surface area contributed by atoms with E-state index in [-0.39, 0.29) is 11.5 Å². The van der Waals surface area contributed by atoms with E-state index >= 15 is 0 Å². The molecule has 0 saturated carbocycles. The van der Waals surface area contributed by atoms with E-state index in [1.54, 1.807) is 6.20 Å². The molecule has 0 N–H and O–H groups in total. The number of allylic oxidation sites excluding steroid dienone is 2. The van der Waals surface area contributed by atoms with E-state index in [2.05, 4.69) is 72.2 Å². The van der Waals surface area contributed by atoms with Crippen molar-refractivity contribution in [2.75, 3.05) is 13.1 Å². The first-order valence-corrected chi connectivity index (χ1v) is 14.5. The highest BCUT2D eigenvalue weighted by Crippen LogP contribution is 2.46. The zero-order valence-corrected chi connectivity index (χ0v) is 24.2. The van der Waals surface area contributed by atoms with Gasteiger partial charge in [-0.25, -0.2) is 4.39 Å². The molecule has 3 aromatic rings. The lowest BCUT2D eigenvalue weighted by Gasteiger charge is -2.33. The maximum absolute atomic E-state index is 14.1. The number of hydrogen-bond donors (Lipinski definition) is 0. The number of aromatic nitrogens is 3. The van der Waals surface area contributed by atoms with Gasteiger partial charge in [-0.1, -0.05) is 48.5 Å². The average Bonchev–Trinajstić information content (AvgIpc) is 3.56. The molecule has 6 rings (SSSR count). The molecule has 2 aliphatic heterocycles. The van der Waals surface area contributed by atoms with Crippen LogP contribution in [0.3, 0.4) is 0 Å². The molecule has 2 aromatic heterocycles. The van der Waals surface area contributed by atoms with Gasteiger partial charge in [-0.2, -0.15) is 4.98 Å². The number of para-hydroxylation sites is 1. The monoisotopic (exact) mass is 540 g/mol. The summed E-state index contributed by atoms with van der Waals surface area (Å²) in [5.74, 6) is 2.55. The van der Waals surface area contributed by atoms with E-state index in [0.717, 1.165) is 67.9 Å². The van der Waals surface area contributed by atoms with Crippen LogP contribution in [0.4, 0.5) is 4.39 Å². The van der Waals surface area contributed by atoms with Crippen LogP contribution >= 0.6 is 0 Å². The lowest BCUT2D eigenvalue weighted by molar-refractivity contribution is 0.155. The number of rotatable bonds is 6. The Morgan fingerprint density at radius 3 is 2.73 bits per heavy atom. The predicted molar refractivity (Wildman–Crippen MR) is 157 cm³/mol. The summed E-state index contributed by atoms with van der Waals surface area (Å²) in [5.41, 5.74) is 4.90. The molecule has 4 heterocycles. The van der Waals surface area contributed by atoms with Gasteiger partial charge in [-0.3, -0.25) is 9.88 Å². The summed E-state index contributed by atoms with van der Waals surface area (Å²) in [4.78, 5) is 11.4. The number of aryl methyl sites for hydroxylation is 1. The quantitative estimate of drug-likeness (QED) is 0.368. The molecule has 3 aliphatic rings. The van der Waals surface area contributed by atoms with E-state index in [0.29, 0.717) is 17.7 Å². The van der Waals surface area contributed by atoms with Crippen molar-refractivity contribution in [2.45, 2.75) is 77.0 Å². The number of piperidine rings is 1. The van der Waals surface area contributed by atoms with Crippen LogP contribution in [0.1, 0.15) is 74.2 Å². The molecule has 1 aliphatic carbocycles. The van der Waals surface area contributed by atoms with Crippen molar-refractivity contribution >= 4 is 7.85 Å². The minimum absolute atomic E-state index is 0.0243. The van der Waals surface area contributed by atoms with Crippen molar-refractivity contribution in [3.63, 3.8) is 0 Å². The summed E-state index contributed by atoms with van der Waals surface area (Å²) >= 11 is 0. The summed E-state index contributed by atoms with van der Waals surface area (Å²) in [6.45, 7) is 10.8. The Balaban J connectivity index is 1.10. The highest BCUT2D eigenvalue weighted by atomic mass is 19.1. The van der Waals surface area contributed by atoms with Crippen molar-refractivity contribution in [1.82, 2.24) is 20.0 Å². The predicted octanol–water partition coefficient (Wildman–Crippen LogP) is 5.81. The second-order valence-corrected chi connectivity index (χ2v) is 12.5. The SMILES string of the molecule is BC(C)(F)c1nc(-c2cnc(CN3CCC(c4cccc5c4OC(C)(C4=CCC(C)C=C4)C5)CC3)c(C)c2)no1. The third kappa shape index (κ3) is 5.26. The summed E-state index contributed by atoms with van der Waals surface area (Å²) in [7, 11) is 1.41. The lowest BCUT2D eigenvalue weighted by Crippen LogP contribution is -2.34. The summed E-state index contributed by atoms with van der Waals surface area (Å²) in [6, 6.07) is 8.73. The van der Waals surface area contributed by atoms with Crippen molar-refractivity contribution in [1.29, 1.82) is 0 Å². The number of hydrogen-bond acceptors (Lipinski definition) is 6. The van der Waals surface area contributed by atoms with Gasteiger partial charge in [0.05, 0.1) is 5.69 Å². The summed E-state index contributed by atoms with van der Waals surface area (Å²) in [5, 5.41) is 3.95. The van der Waals surface area contributed by atoms with Crippen molar-refractivity contribution in [2.24, 2.45) is 5.92 Å². The fraction of sp³-hybridized carbons (Fsp3) is 0.469. The standard InChI is InChI=1S/C32H38BFN4O2/c1-20-8-10-25(11-9-20)31(3)17-23-6-5-7-26(28(23)39-31)22-12-14-38(15-13-22)19-27-21(2)16-24(18-35-27)29-36-30(40-37-29)32(4,33)34/h5-8,10-11,16,18,20,22H,9,12-15,17,19,33H2,1-4H3. The number of nitrogens with zero attached hydrogens (tertiary/aromatic N) is 4. The molecule has 40 heavy (non-hydrogen) atoms. The second kappa shape index (κ2) is 10.3. The molecule has 1 aromatic carbocycles. The van der Waals surface area contributed by atoms with Crippen LogP contribution in [-0.2, 0) is 18.5 Å². The highest BCUT2D eigenvalue weighted by Gasteiger charge is 2.40. The number of likely N-dealkylation sites (tertiary alicyclic amines) is 1. The molecular weight excluding hydrogens is 502 g/mol. The third-order valence-electron chi connectivity index (χ3n) is 8.69. The van der Waals surface area contributed by atoms with Gasteiger partial charge < -0.3 is 9.26 Å². The largest absolute Gasteiger partial charge is 0.482 e. The fourth-order valence-corrected chi connectivity index (χ4v) is 6.18. The second-order valence-electron chi connectivity index (χ2n) is 12.5. The van der Waals surface area contributed by atoms with Gasteiger partial charge in [0.2, 0.25) is 5.82 Å². The molecule has 0 bridgehead atoms. The lowest BCUT2D eigenvalue weighted by atomic mass is 9.84. The van der Waals surface area contributed by atoms with Crippen LogP contribution in [0.25, 0.3) is 11.4 Å². The third-order valence-corrected chi connectivity index (χ3v) is 8.69. The van der Waals surface area contributed by atoms with Crippen LogP contribution in [0.2, 0.25) is 0 Å². The number of benzene rings is 1. The van der Waals surface area contributed by atoms with Crippen LogP contribution in [0.5, 0.6) is 5.75 Å². The average molecular weight is 540 g/mol. The molecule has 1 saturated heterocycles. The van der Waals surface area contributed by atoms with Gasteiger partial charge in [0.1, 0.15) is 16.9 Å². The zero-order valence-electron chi connectivity index (χ0n) is 24.2. The molecule has 8 heteroatoms. The maximum atomic E-state index is 14.1. The molecule has 0 amide bonds. The minimum Gasteiger partial charge on any atom is -0.482 e.